The average Bonchev–Trinajstić information content (AvgIpc) is 2.29. The van der Waals surface area contributed by atoms with Crippen molar-refractivity contribution in [2.24, 2.45) is 5.73 Å². The molecule has 5 heteroatoms. The van der Waals surface area contributed by atoms with Gasteiger partial charge in [0.15, 0.2) is 0 Å². The van der Waals surface area contributed by atoms with E-state index in [2.05, 4.69) is 6.92 Å². The molecule has 0 aliphatic carbocycles. The van der Waals surface area contributed by atoms with Gasteiger partial charge in [-0.25, -0.2) is 0 Å². The molecule has 18 heavy (non-hydrogen) atoms. The highest BCUT2D eigenvalue weighted by Gasteiger charge is 2.21. The molecule has 1 aliphatic rings. The number of carbonyl (C=O) groups is 1. The molecule has 2 unspecified atom stereocenters. The molecule has 2 N–H and O–H groups in total. The molecule has 2 atom stereocenters. The van der Waals surface area contributed by atoms with Gasteiger partial charge in [0.1, 0.15) is 0 Å². The van der Waals surface area contributed by atoms with Crippen molar-refractivity contribution in [2.45, 2.75) is 58.1 Å². The summed E-state index contributed by atoms with van der Waals surface area (Å²) < 4.78 is 5.68. The summed E-state index contributed by atoms with van der Waals surface area (Å²) in [7, 11) is 0. The minimum Gasteiger partial charge on any atom is -0.376 e. The van der Waals surface area contributed by atoms with E-state index in [0.717, 1.165) is 39.0 Å². The molecule has 4 nitrogen and oxygen atoms in total. The van der Waals surface area contributed by atoms with Crippen LogP contribution in [-0.4, -0.2) is 42.6 Å². The van der Waals surface area contributed by atoms with Gasteiger partial charge in [0, 0.05) is 32.2 Å². The second-order valence-electron chi connectivity index (χ2n) is 5.01. The highest BCUT2D eigenvalue weighted by Crippen LogP contribution is 2.14. The fourth-order valence-corrected chi connectivity index (χ4v) is 2.19. The molecule has 1 saturated heterocycles. The van der Waals surface area contributed by atoms with Crippen LogP contribution in [0.5, 0.6) is 0 Å². The Morgan fingerprint density at radius 3 is 2.72 bits per heavy atom. The number of hydrogen-bond donors (Lipinski definition) is 1. The first kappa shape index (κ1) is 17.7. The zero-order chi connectivity index (χ0) is 12.7. The van der Waals surface area contributed by atoms with E-state index in [-0.39, 0.29) is 30.5 Å². The molecular weight excluding hydrogens is 252 g/mol. The first-order valence-electron chi connectivity index (χ1n) is 6.78. The second-order valence-corrected chi connectivity index (χ2v) is 5.01. The lowest BCUT2D eigenvalue weighted by molar-refractivity contribution is -0.134. The zero-order valence-electron chi connectivity index (χ0n) is 11.6. The largest absolute Gasteiger partial charge is 0.376 e. The lowest BCUT2D eigenvalue weighted by atomic mass is 10.1. The van der Waals surface area contributed by atoms with Crippen molar-refractivity contribution in [1.29, 1.82) is 0 Å². The van der Waals surface area contributed by atoms with Gasteiger partial charge < -0.3 is 15.4 Å². The van der Waals surface area contributed by atoms with Gasteiger partial charge in [-0.05, 0) is 32.6 Å². The van der Waals surface area contributed by atoms with E-state index in [4.69, 9.17) is 10.5 Å². The summed E-state index contributed by atoms with van der Waals surface area (Å²) in [6.07, 6.45) is 5.09. The first-order valence-corrected chi connectivity index (χ1v) is 6.78. The third-order valence-corrected chi connectivity index (χ3v) is 3.04. The molecule has 108 valence electrons. The van der Waals surface area contributed by atoms with Crippen LogP contribution in [0.2, 0.25) is 0 Å². The summed E-state index contributed by atoms with van der Waals surface area (Å²) in [5, 5.41) is 0. The van der Waals surface area contributed by atoms with Crippen LogP contribution in [0.4, 0.5) is 0 Å². The standard InChI is InChI=1S/C13H26N2O2.ClH/c1-3-7-15(13(16)9-11(2)14)10-12-6-4-5-8-17-12;/h11-12H,3-10,14H2,1-2H3;1H. The van der Waals surface area contributed by atoms with E-state index in [1.807, 2.05) is 11.8 Å². The fraction of sp³-hybridized carbons (Fsp3) is 0.923. The molecule has 0 spiro atoms. The third kappa shape index (κ3) is 6.57. The maximum atomic E-state index is 12.0. The number of rotatable bonds is 6. The van der Waals surface area contributed by atoms with Gasteiger partial charge in [-0.1, -0.05) is 6.92 Å². The van der Waals surface area contributed by atoms with Crippen molar-refractivity contribution in [1.82, 2.24) is 4.90 Å². The van der Waals surface area contributed by atoms with Gasteiger partial charge in [0.25, 0.3) is 0 Å². The predicted octanol–water partition coefficient (Wildman–Crippen LogP) is 1.95. The van der Waals surface area contributed by atoms with Gasteiger partial charge in [0.05, 0.1) is 6.10 Å². The molecule has 0 radical (unpaired) electrons. The van der Waals surface area contributed by atoms with Crippen LogP contribution < -0.4 is 5.73 Å². The van der Waals surface area contributed by atoms with Crippen molar-refractivity contribution in [3.05, 3.63) is 0 Å². The number of carbonyl (C=O) groups excluding carboxylic acids is 1. The molecule has 0 saturated carbocycles. The summed E-state index contributed by atoms with van der Waals surface area (Å²) in [6.45, 7) is 6.35. The highest BCUT2D eigenvalue weighted by atomic mass is 35.5. The Bertz CT molecular complexity index is 231. The Balaban J connectivity index is 0.00000289. The van der Waals surface area contributed by atoms with Crippen LogP contribution in [0.1, 0.15) is 46.0 Å². The quantitative estimate of drug-likeness (QED) is 0.808. The maximum Gasteiger partial charge on any atom is 0.224 e. The molecule has 0 aromatic heterocycles. The number of ether oxygens (including phenoxy) is 1. The van der Waals surface area contributed by atoms with Crippen molar-refractivity contribution in [2.75, 3.05) is 19.7 Å². The van der Waals surface area contributed by atoms with Crippen LogP contribution >= 0.6 is 12.4 Å². The molecule has 0 aromatic carbocycles. The summed E-state index contributed by atoms with van der Waals surface area (Å²) in [5.41, 5.74) is 5.68. The smallest absolute Gasteiger partial charge is 0.224 e. The van der Waals surface area contributed by atoms with Gasteiger partial charge in [-0.2, -0.15) is 0 Å². The molecule has 1 rings (SSSR count). The number of halogens is 1. The van der Waals surface area contributed by atoms with Crippen molar-refractivity contribution >= 4 is 18.3 Å². The SMILES string of the molecule is CCCN(CC1CCCCO1)C(=O)CC(C)N.Cl. The summed E-state index contributed by atoms with van der Waals surface area (Å²) in [4.78, 5) is 13.9. The lowest BCUT2D eigenvalue weighted by Crippen LogP contribution is -2.41. The van der Waals surface area contributed by atoms with E-state index < -0.39 is 0 Å². The van der Waals surface area contributed by atoms with E-state index >= 15 is 0 Å². The van der Waals surface area contributed by atoms with Gasteiger partial charge in [0.2, 0.25) is 5.91 Å². The molecule has 1 aliphatic heterocycles. The average molecular weight is 279 g/mol. The Hall–Kier alpha value is -0.320. The summed E-state index contributed by atoms with van der Waals surface area (Å²) in [5.74, 6) is 0.163. The van der Waals surface area contributed by atoms with E-state index in [1.165, 1.54) is 6.42 Å². The number of amides is 1. The molecular formula is C13H27ClN2O2. The van der Waals surface area contributed by atoms with Crippen LogP contribution in [0.15, 0.2) is 0 Å². The maximum absolute atomic E-state index is 12.0. The highest BCUT2D eigenvalue weighted by molar-refractivity contribution is 5.85. The number of nitrogens with zero attached hydrogens (tertiary/aromatic N) is 1. The lowest BCUT2D eigenvalue weighted by Gasteiger charge is -2.30. The summed E-state index contributed by atoms with van der Waals surface area (Å²) in [6, 6.07) is -0.0610. The Kier molecular flexibility index (Phi) is 9.42. The van der Waals surface area contributed by atoms with E-state index in [1.54, 1.807) is 0 Å². The minimum absolute atomic E-state index is 0. The minimum atomic E-state index is -0.0610. The summed E-state index contributed by atoms with van der Waals surface area (Å²) >= 11 is 0. The number of nitrogens with two attached hydrogens (primary N) is 1. The second kappa shape index (κ2) is 9.59. The predicted molar refractivity (Wildman–Crippen MR) is 76.0 cm³/mol. The molecule has 1 heterocycles. The van der Waals surface area contributed by atoms with Crippen LogP contribution in [0, 0.1) is 0 Å². The monoisotopic (exact) mass is 278 g/mol. The van der Waals surface area contributed by atoms with E-state index in [9.17, 15) is 4.79 Å². The normalized spacial score (nSPS) is 20.9. The van der Waals surface area contributed by atoms with E-state index in [0.29, 0.717) is 6.42 Å². The van der Waals surface area contributed by atoms with Crippen LogP contribution in [-0.2, 0) is 9.53 Å². The van der Waals surface area contributed by atoms with Crippen LogP contribution in [0.3, 0.4) is 0 Å². The van der Waals surface area contributed by atoms with Gasteiger partial charge in [-0.15, -0.1) is 12.4 Å². The fourth-order valence-electron chi connectivity index (χ4n) is 2.19. The topological polar surface area (TPSA) is 55.6 Å². The molecule has 1 amide bonds. The Labute approximate surface area is 117 Å². The molecule has 1 fully saturated rings. The number of hydrogen-bond acceptors (Lipinski definition) is 3. The molecule has 0 aromatic rings. The first-order chi connectivity index (χ1) is 8.13. The Morgan fingerprint density at radius 1 is 1.50 bits per heavy atom. The Morgan fingerprint density at radius 2 is 2.22 bits per heavy atom. The van der Waals surface area contributed by atoms with Crippen molar-refractivity contribution < 1.29 is 9.53 Å². The zero-order valence-corrected chi connectivity index (χ0v) is 12.4. The van der Waals surface area contributed by atoms with Crippen molar-refractivity contribution in [3.63, 3.8) is 0 Å². The van der Waals surface area contributed by atoms with Gasteiger partial charge >= 0.3 is 0 Å². The van der Waals surface area contributed by atoms with Crippen LogP contribution in [0.25, 0.3) is 0 Å². The third-order valence-electron chi connectivity index (χ3n) is 3.04. The van der Waals surface area contributed by atoms with Crippen molar-refractivity contribution in [3.8, 4) is 0 Å². The van der Waals surface area contributed by atoms with Gasteiger partial charge in [-0.3, -0.25) is 4.79 Å². The molecule has 0 bridgehead atoms.